The fourth-order valence-electron chi connectivity index (χ4n) is 1.77. The predicted molar refractivity (Wildman–Crippen MR) is 72.0 cm³/mol. The second-order valence-electron chi connectivity index (χ2n) is 4.44. The number of nitrogens with one attached hydrogen (secondary N) is 2. The van der Waals surface area contributed by atoms with E-state index < -0.39 is 17.6 Å². The molecule has 0 radical (unpaired) electrons. The molecule has 0 saturated heterocycles. The Kier molecular flexibility index (Phi) is 4.54. The molecule has 0 bridgehead atoms. The van der Waals surface area contributed by atoms with Crippen molar-refractivity contribution < 1.29 is 22.8 Å². The molecule has 0 saturated carbocycles. The lowest BCUT2D eigenvalue weighted by molar-refractivity contribution is -0.137. The molecule has 1 aromatic rings. The summed E-state index contributed by atoms with van der Waals surface area (Å²) in [5.74, 6) is -0.888. The van der Waals surface area contributed by atoms with Gasteiger partial charge in [0.15, 0.2) is 0 Å². The summed E-state index contributed by atoms with van der Waals surface area (Å²) in [6.07, 6.45) is -3.72. The molecular formula is C13H11F3N4O2. The number of carbonyl (C=O) groups is 2. The molecule has 0 aromatic heterocycles. The normalized spacial score (nSPS) is 14.9. The van der Waals surface area contributed by atoms with Gasteiger partial charge in [-0.3, -0.25) is 9.59 Å². The first-order chi connectivity index (χ1) is 10.4. The van der Waals surface area contributed by atoms with Crippen molar-refractivity contribution in [2.45, 2.75) is 19.0 Å². The molecule has 22 heavy (non-hydrogen) atoms. The summed E-state index contributed by atoms with van der Waals surface area (Å²) in [7, 11) is 0. The Morgan fingerprint density at radius 1 is 1.41 bits per heavy atom. The lowest BCUT2D eigenvalue weighted by atomic mass is 10.1. The number of nitrogens with zero attached hydrogens (tertiary/aromatic N) is 2. The highest BCUT2D eigenvalue weighted by molar-refractivity contribution is 6.11. The van der Waals surface area contributed by atoms with Crippen LogP contribution in [0.1, 0.15) is 24.0 Å². The molecule has 0 spiro atoms. The number of carbonyl (C=O) groups excluding carboxylic acids is 2. The van der Waals surface area contributed by atoms with E-state index in [1.165, 1.54) is 18.2 Å². The minimum atomic E-state index is -4.50. The maximum atomic E-state index is 12.7. The minimum absolute atomic E-state index is 0.0219. The molecule has 0 fully saturated rings. The van der Waals surface area contributed by atoms with E-state index in [0.29, 0.717) is 5.71 Å². The summed E-state index contributed by atoms with van der Waals surface area (Å²) in [4.78, 5) is 22.4. The quantitative estimate of drug-likeness (QED) is 0.651. The van der Waals surface area contributed by atoms with Gasteiger partial charge in [0, 0.05) is 5.56 Å². The molecule has 2 N–H and O–H groups in total. The number of halogens is 3. The monoisotopic (exact) mass is 312 g/mol. The van der Waals surface area contributed by atoms with Gasteiger partial charge in [-0.2, -0.15) is 23.4 Å². The Morgan fingerprint density at radius 2 is 2.14 bits per heavy atom. The van der Waals surface area contributed by atoms with Gasteiger partial charge in [-0.1, -0.05) is 18.2 Å². The van der Waals surface area contributed by atoms with E-state index in [0.717, 1.165) is 12.3 Å². The molecule has 9 heteroatoms. The van der Waals surface area contributed by atoms with Crippen LogP contribution in [0.4, 0.5) is 13.2 Å². The van der Waals surface area contributed by atoms with Crippen molar-refractivity contribution in [1.29, 1.82) is 0 Å². The third-order valence-corrected chi connectivity index (χ3v) is 2.73. The molecule has 0 unspecified atom stereocenters. The van der Waals surface area contributed by atoms with Gasteiger partial charge in [-0.25, -0.2) is 10.9 Å². The molecule has 2 rings (SSSR count). The van der Waals surface area contributed by atoms with Crippen LogP contribution in [0, 0.1) is 0 Å². The third kappa shape index (κ3) is 4.14. The largest absolute Gasteiger partial charge is 0.417 e. The Bertz CT molecular complexity index is 653. The maximum Gasteiger partial charge on any atom is 0.417 e. The Morgan fingerprint density at radius 3 is 2.77 bits per heavy atom. The molecule has 6 nitrogen and oxygen atoms in total. The van der Waals surface area contributed by atoms with Crippen LogP contribution in [-0.2, 0) is 15.8 Å². The standard InChI is InChI=1S/C13H11F3N4O2/c14-13(15,16)10-4-2-1-3-8(10)7-17-19-11(21)5-9-6-12(22)20-18-9/h1-4,7H,5-6H2,(H,19,21)(H,20,22). The highest BCUT2D eigenvalue weighted by atomic mass is 19.4. The van der Waals surface area contributed by atoms with Crippen LogP contribution < -0.4 is 10.9 Å². The van der Waals surface area contributed by atoms with Crippen LogP contribution in [0.3, 0.4) is 0 Å². The molecule has 0 aliphatic carbocycles. The summed E-state index contributed by atoms with van der Waals surface area (Å²) in [5.41, 5.74) is 3.62. The number of hydrogen-bond acceptors (Lipinski definition) is 4. The van der Waals surface area contributed by atoms with Crippen molar-refractivity contribution in [2.24, 2.45) is 10.2 Å². The first-order valence-electron chi connectivity index (χ1n) is 6.18. The highest BCUT2D eigenvalue weighted by Gasteiger charge is 2.32. The van der Waals surface area contributed by atoms with E-state index >= 15 is 0 Å². The fraction of sp³-hybridized carbons (Fsp3) is 0.231. The Labute approximate surface area is 123 Å². The lowest BCUT2D eigenvalue weighted by Crippen LogP contribution is -2.21. The molecule has 116 valence electrons. The summed E-state index contributed by atoms with van der Waals surface area (Å²) < 4.78 is 38.2. The van der Waals surface area contributed by atoms with Crippen molar-refractivity contribution in [1.82, 2.24) is 10.9 Å². The smallest absolute Gasteiger partial charge is 0.273 e. The second kappa shape index (κ2) is 6.37. The molecule has 2 amide bonds. The van der Waals surface area contributed by atoms with Crippen LogP contribution >= 0.6 is 0 Å². The number of rotatable bonds is 4. The molecule has 1 aliphatic rings. The number of alkyl halides is 3. The molecule has 1 heterocycles. The van der Waals surface area contributed by atoms with Gasteiger partial charge < -0.3 is 0 Å². The summed E-state index contributed by atoms with van der Waals surface area (Å²) in [6.45, 7) is 0. The average Bonchev–Trinajstić information content (AvgIpc) is 2.83. The maximum absolute atomic E-state index is 12.7. The Hall–Kier alpha value is -2.71. The number of benzene rings is 1. The molecule has 1 aliphatic heterocycles. The van der Waals surface area contributed by atoms with Gasteiger partial charge in [-0.05, 0) is 6.07 Å². The van der Waals surface area contributed by atoms with Crippen molar-refractivity contribution >= 4 is 23.7 Å². The zero-order valence-electron chi connectivity index (χ0n) is 11.1. The van der Waals surface area contributed by atoms with Crippen LogP contribution in [0.2, 0.25) is 0 Å². The van der Waals surface area contributed by atoms with Gasteiger partial charge in [0.1, 0.15) is 0 Å². The van der Waals surface area contributed by atoms with Gasteiger partial charge in [0.2, 0.25) is 11.8 Å². The van der Waals surface area contributed by atoms with E-state index in [-0.39, 0.29) is 24.3 Å². The van der Waals surface area contributed by atoms with Crippen molar-refractivity contribution in [2.75, 3.05) is 0 Å². The first-order valence-corrected chi connectivity index (χ1v) is 6.18. The number of hydrogen-bond donors (Lipinski definition) is 2. The van der Waals surface area contributed by atoms with Crippen molar-refractivity contribution in [3.05, 3.63) is 35.4 Å². The summed E-state index contributed by atoms with van der Waals surface area (Å²) in [5, 5.41) is 7.12. The Balaban J connectivity index is 1.96. The molecule has 1 aromatic carbocycles. The summed E-state index contributed by atoms with van der Waals surface area (Å²) in [6, 6.07) is 4.86. The topological polar surface area (TPSA) is 82.9 Å². The highest BCUT2D eigenvalue weighted by Crippen LogP contribution is 2.30. The van der Waals surface area contributed by atoms with E-state index in [9.17, 15) is 22.8 Å². The predicted octanol–water partition coefficient (Wildman–Crippen LogP) is 1.42. The third-order valence-electron chi connectivity index (χ3n) is 2.73. The molecule has 0 atom stereocenters. The van der Waals surface area contributed by atoms with E-state index in [1.807, 2.05) is 0 Å². The van der Waals surface area contributed by atoms with Crippen LogP contribution in [0.5, 0.6) is 0 Å². The van der Waals surface area contributed by atoms with Gasteiger partial charge >= 0.3 is 6.18 Å². The van der Waals surface area contributed by atoms with E-state index in [1.54, 1.807) is 0 Å². The zero-order valence-corrected chi connectivity index (χ0v) is 11.1. The van der Waals surface area contributed by atoms with Gasteiger partial charge in [0.25, 0.3) is 0 Å². The van der Waals surface area contributed by atoms with Crippen LogP contribution in [-0.4, -0.2) is 23.7 Å². The van der Waals surface area contributed by atoms with Gasteiger partial charge in [0.05, 0.1) is 30.3 Å². The zero-order chi connectivity index (χ0) is 16.2. The van der Waals surface area contributed by atoms with Crippen molar-refractivity contribution in [3.8, 4) is 0 Å². The lowest BCUT2D eigenvalue weighted by Gasteiger charge is -2.09. The number of hydrazone groups is 2. The summed E-state index contributed by atoms with van der Waals surface area (Å²) >= 11 is 0. The van der Waals surface area contributed by atoms with Crippen LogP contribution in [0.25, 0.3) is 0 Å². The first kappa shape index (κ1) is 15.7. The van der Waals surface area contributed by atoms with Gasteiger partial charge in [-0.15, -0.1) is 0 Å². The van der Waals surface area contributed by atoms with E-state index in [4.69, 9.17) is 0 Å². The fourth-order valence-corrected chi connectivity index (χ4v) is 1.77. The van der Waals surface area contributed by atoms with E-state index in [2.05, 4.69) is 21.1 Å². The SMILES string of the molecule is O=C(CC1=NNC(=O)C1)NN=Cc1ccccc1C(F)(F)F. The average molecular weight is 312 g/mol. The van der Waals surface area contributed by atoms with Crippen LogP contribution in [0.15, 0.2) is 34.5 Å². The minimum Gasteiger partial charge on any atom is -0.273 e. The van der Waals surface area contributed by atoms with Crippen molar-refractivity contribution in [3.63, 3.8) is 0 Å². The number of amides is 2. The molecular weight excluding hydrogens is 301 g/mol. The second-order valence-corrected chi connectivity index (χ2v) is 4.44.